The van der Waals surface area contributed by atoms with Crippen molar-refractivity contribution in [2.24, 2.45) is 0 Å². The second-order valence-electron chi connectivity index (χ2n) is 4.88. The fourth-order valence-corrected chi connectivity index (χ4v) is 2.10. The van der Waals surface area contributed by atoms with Crippen LogP contribution in [0, 0.1) is 0 Å². The van der Waals surface area contributed by atoms with E-state index < -0.39 is 0 Å². The molecule has 0 fully saturated rings. The van der Waals surface area contributed by atoms with Gasteiger partial charge in [-0.1, -0.05) is 31.2 Å². The van der Waals surface area contributed by atoms with Gasteiger partial charge in [-0.25, -0.2) is 0 Å². The number of carbonyl (C=O) groups is 1. The molecule has 0 spiro atoms. The summed E-state index contributed by atoms with van der Waals surface area (Å²) in [7, 11) is 1.67. The van der Waals surface area contributed by atoms with E-state index in [0.717, 1.165) is 24.2 Å². The lowest BCUT2D eigenvalue weighted by Gasteiger charge is -2.07. The average Bonchev–Trinajstić information content (AvgIpc) is 2.55. The van der Waals surface area contributed by atoms with E-state index in [1.165, 1.54) is 5.56 Å². The van der Waals surface area contributed by atoms with E-state index in [1.807, 2.05) is 48.5 Å². The van der Waals surface area contributed by atoms with Crippen LogP contribution in [0.4, 0.5) is 5.69 Å². The number of hydrogen-bond donors (Lipinski definition) is 1. The zero-order valence-corrected chi connectivity index (χ0v) is 12.6. The second kappa shape index (κ2) is 7.60. The van der Waals surface area contributed by atoms with Gasteiger partial charge in [-0.15, -0.1) is 0 Å². The van der Waals surface area contributed by atoms with Crippen LogP contribution in [0.15, 0.2) is 48.5 Å². The molecule has 2 aromatic carbocycles. The zero-order valence-electron chi connectivity index (χ0n) is 12.6. The first-order valence-electron chi connectivity index (χ1n) is 7.21. The number of ether oxygens (including phenoxy) is 1. The Hall–Kier alpha value is -2.13. The van der Waals surface area contributed by atoms with Crippen molar-refractivity contribution in [3.05, 3.63) is 65.2 Å². The van der Waals surface area contributed by atoms with Crippen molar-refractivity contribution < 1.29 is 9.53 Å². The summed E-state index contributed by atoms with van der Waals surface area (Å²) in [6, 6.07) is 15.3. The Labute approximate surface area is 126 Å². The third kappa shape index (κ3) is 4.17. The quantitative estimate of drug-likeness (QED) is 0.624. The van der Waals surface area contributed by atoms with Crippen LogP contribution in [-0.4, -0.2) is 26.0 Å². The Kier molecular flexibility index (Phi) is 5.52. The number of methoxy groups -OCH3 is 1. The molecular weight excluding hydrogens is 262 g/mol. The summed E-state index contributed by atoms with van der Waals surface area (Å²) < 4.78 is 4.99. The third-order valence-corrected chi connectivity index (χ3v) is 3.41. The molecular formula is C18H21NO2. The van der Waals surface area contributed by atoms with Crippen molar-refractivity contribution in [2.45, 2.75) is 13.3 Å². The minimum Gasteiger partial charge on any atom is -0.383 e. The molecule has 0 atom stereocenters. The standard InChI is InChI=1S/C18H21NO2/c1-3-14-4-6-15(7-5-14)18(20)16-8-10-17(11-9-16)19-12-13-21-2/h4-11,19H,3,12-13H2,1-2H3. The van der Waals surface area contributed by atoms with Crippen LogP contribution >= 0.6 is 0 Å². The van der Waals surface area contributed by atoms with Crippen LogP contribution in [0.25, 0.3) is 0 Å². The molecule has 0 saturated heterocycles. The maximum atomic E-state index is 12.4. The summed E-state index contributed by atoms with van der Waals surface area (Å²) in [5.41, 5.74) is 3.66. The van der Waals surface area contributed by atoms with Gasteiger partial charge < -0.3 is 10.1 Å². The van der Waals surface area contributed by atoms with E-state index in [0.29, 0.717) is 12.2 Å². The van der Waals surface area contributed by atoms with Crippen molar-refractivity contribution in [3.63, 3.8) is 0 Å². The van der Waals surface area contributed by atoms with Gasteiger partial charge in [-0.3, -0.25) is 4.79 Å². The second-order valence-corrected chi connectivity index (χ2v) is 4.88. The van der Waals surface area contributed by atoms with Crippen LogP contribution < -0.4 is 5.32 Å². The predicted octanol–water partition coefficient (Wildman–Crippen LogP) is 3.54. The molecule has 0 saturated carbocycles. The first-order valence-corrected chi connectivity index (χ1v) is 7.21. The number of anilines is 1. The summed E-state index contributed by atoms with van der Waals surface area (Å²) in [6.07, 6.45) is 0.982. The van der Waals surface area contributed by atoms with Gasteiger partial charge in [-0.05, 0) is 36.2 Å². The van der Waals surface area contributed by atoms with E-state index >= 15 is 0 Å². The topological polar surface area (TPSA) is 38.3 Å². The van der Waals surface area contributed by atoms with Gasteiger partial charge >= 0.3 is 0 Å². The molecule has 0 amide bonds. The largest absolute Gasteiger partial charge is 0.383 e. The smallest absolute Gasteiger partial charge is 0.193 e. The van der Waals surface area contributed by atoms with E-state index in [4.69, 9.17) is 4.74 Å². The van der Waals surface area contributed by atoms with Gasteiger partial charge in [0.15, 0.2) is 5.78 Å². The number of aryl methyl sites for hydroxylation is 1. The molecule has 21 heavy (non-hydrogen) atoms. The Morgan fingerprint density at radius 3 is 2.10 bits per heavy atom. The third-order valence-electron chi connectivity index (χ3n) is 3.41. The Morgan fingerprint density at radius 2 is 1.57 bits per heavy atom. The van der Waals surface area contributed by atoms with Crippen LogP contribution in [0.1, 0.15) is 28.4 Å². The fraction of sp³-hybridized carbons (Fsp3) is 0.278. The minimum absolute atomic E-state index is 0.0566. The number of carbonyl (C=O) groups excluding carboxylic acids is 1. The van der Waals surface area contributed by atoms with Crippen molar-refractivity contribution in [2.75, 3.05) is 25.6 Å². The van der Waals surface area contributed by atoms with Crippen LogP contribution in [0.2, 0.25) is 0 Å². The highest BCUT2D eigenvalue weighted by Gasteiger charge is 2.08. The highest BCUT2D eigenvalue weighted by Crippen LogP contribution is 2.14. The molecule has 0 aliphatic carbocycles. The summed E-state index contributed by atoms with van der Waals surface area (Å²) >= 11 is 0. The predicted molar refractivity (Wildman–Crippen MR) is 86.1 cm³/mol. The molecule has 0 heterocycles. The molecule has 110 valence electrons. The van der Waals surface area contributed by atoms with E-state index in [1.54, 1.807) is 7.11 Å². The molecule has 0 radical (unpaired) electrons. The van der Waals surface area contributed by atoms with Crippen LogP contribution in [0.5, 0.6) is 0 Å². The van der Waals surface area contributed by atoms with E-state index in [2.05, 4.69) is 12.2 Å². The lowest BCUT2D eigenvalue weighted by atomic mass is 10.0. The van der Waals surface area contributed by atoms with Gasteiger partial charge in [-0.2, -0.15) is 0 Å². The molecule has 0 aliphatic heterocycles. The summed E-state index contributed by atoms with van der Waals surface area (Å²) in [6.45, 7) is 3.51. The number of rotatable bonds is 7. The number of nitrogens with one attached hydrogen (secondary N) is 1. The summed E-state index contributed by atoms with van der Waals surface area (Å²) in [5.74, 6) is 0.0566. The fourth-order valence-electron chi connectivity index (χ4n) is 2.10. The van der Waals surface area contributed by atoms with Crippen molar-refractivity contribution in [1.82, 2.24) is 0 Å². The highest BCUT2D eigenvalue weighted by molar-refractivity contribution is 6.09. The monoisotopic (exact) mass is 283 g/mol. The van der Waals surface area contributed by atoms with Gasteiger partial charge in [0.25, 0.3) is 0 Å². The van der Waals surface area contributed by atoms with E-state index in [-0.39, 0.29) is 5.78 Å². The molecule has 3 heteroatoms. The normalized spacial score (nSPS) is 10.4. The molecule has 0 aliphatic rings. The maximum absolute atomic E-state index is 12.4. The van der Waals surface area contributed by atoms with Gasteiger partial charge in [0.1, 0.15) is 0 Å². The Bertz CT molecular complexity index is 573. The molecule has 1 N–H and O–H groups in total. The maximum Gasteiger partial charge on any atom is 0.193 e. The molecule has 0 aromatic heterocycles. The van der Waals surface area contributed by atoms with E-state index in [9.17, 15) is 4.79 Å². The highest BCUT2D eigenvalue weighted by atomic mass is 16.5. The van der Waals surface area contributed by atoms with Gasteiger partial charge in [0, 0.05) is 30.5 Å². The lowest BCUT2D eigenvalue weighted by molar-refractivity contribution is 0.103. The number of hydrogen-bond acceptors (Lipinski definition) is 3. The number of benzene rings is 2. The minimum atomic E-state index is 0.0566. The first-order chi connectivity index (χ1) is 10.2. The summed E-state index contributed by atoms with van der Waals surface area (Å²) in [5, 5.41) is 3.23. The molecule has 3 nitrogen and oxygen atoms in total. The Morgan fingerprint density at radius 1 is 1.00 bits per heavy atom. The number of ketones is 1. The van der Waals surface area contributed by atoms with Crippen LogP contribution in [-0.2, 0) is 11.2 Å². The van der Waals surface area contributed by atoms with Crippen molar-refractivity contribution >= 4 is 11.5 Å². The van der Waals surface area contributed by atoms with Crippen molar-refractivity contribution in [3.8, 4) is 0 Å². The van der Waals surface area contributed by atoms with Gasteiger partial charge in [0.2, 0.25) is 0 Å². The molecule has 2 aromatic rings. The lowest BCUT2D eigenvalue weighted by Crippen LogP contribution is -2.08. The Balaban J connectivity index is 2.04. The van der Waals surface area contributed by atoms with Crippen molar-refractivity contribution in [1.29, 1.82) is 0 Å². The SMILES string of the molecule is CCc1ccc(C(=O)c2ccc(NCCOC)cc2)cc1. The average molecular weight is 283 g/mol. The molecule has 2 rings (SSSR count). The molecule has 0 unspecified atom stereocenters. The summed E-state index contributed by atoms with van der Waals surface area (Å²) in [4.78, 5) is 12.4. The van der Waals surface area contributed by atoms with Gasteiger partial charge in [0.05, 0.1) is 6.61 Å². The van der Waals surface area contributed by atoms with Crippen LogP contribution in [0.3, 0.4) is 0 Å². The first kappa shape index (κ1) is 15.3. The zero-order chi connectivity index (χ0) is 15.1. The molecule has 0 bridgehead atoms.